The average molecular weight is 410 g/mol. The van der Waals surface area contributed by atoms with Gasteiger partial charge in [0, 0.05) is 41.9 Å². The molecule has 2 amide bonds. The van der Waals surface area contributed by atoms with Crippen molar-refractivity contribution in [2.24, 2.45) is 0 Å². The number of hydrogen-bond donors (Lipinski definition) is 1. The van der Waals surface area contributed by atoms with Gasteiger partial charge >= 0.3 is 0 Å². The number of nitrogens with one attached hydrogen (secondary N) is 1. The lowest BCUT2D eigenvalue weighted by atomic mass is 10.0. The maximum atomic E-state index is 12.9. The van der Waals surface area contributed by atoms with E-state index in [0.717, 1.165) is 36.1 Å². The van der Waals surface area contributed by atoms with E-state index in [-0.39, 0.29) is 17.6 Å². The number of piperidine rings is 1. The maximum Gasteiger partial charge on any atom is 0.255 e. The average Bonchev–Trinajstić information content (AvgIpc) is 3.07. The van der Waals surface area contributed by atoms with Crippen LogP contribution in [0, 0.1) is 0 Å². The molecule has 5 rings (SSSR count). The quantitative estimate of drug-likeness (QED) is 0.532. The van der Waals surface area contributed by atoms with Crippen LogP contribution in [0.25, 0.3) is 11.1 Å². The molecule has 31 heavy (non-hydrogen) atoms. The van der Waals surface area contributed by atoms with E-state index in [4.69, 9.17) is 0 Å². The highest BCUT2D eigenvalue weighted by molar-refractivity contribution is 6.22. The lowest BCUT2D eigenvalue weighted by molar-refractivity contribution is -0.133. The highest BCUT2D eigenvalue weighted by Crippen LogP contribution is 2.36. The van der Waals surface area contributed by atoms with Gasteiger partial charge in [0.25, 0.3) is 5.91 Å². The molecule has 3 aromatic carbocycles. The first-order valence-corrected chi connectivity index (χ1v) is 10.6. The van der Waals surface area contributed by atoms with Crippen LogP contribution in [0.4, 0.5) is 5.69 Å². The van der Waals surface area contributed by atoms with Crippen molar-refractivity contribution in [2.45, 2.75) is 25.8 Å². The number of anilines is 1. The summed E-state index contributed by atoms with van der Waals surface area (Å²) in [5, 5.41) is 2.92. The van der Waals surface area contributed by atoms with Crippen LogP contribution >= 0.6 is 0 Å². The normalized spacial score (nSPS) is 14.9. The number of likely N-dealkylation sites (tertiary alicyclic amines) is 1. The number of carbonyl (C=O) groups is 3. The summed E-state index contributed by atoms with van der Waals surface area (Å²) in [5.41, 5.74) is 5.10. The third kappa shape index (κ3) is 3.63. The largest absolute Gasteiger partial charge is 0.338 e. The van der Waals surface area contributed by atoms with Gasteiger partial charge in [-0.15, -0.1) is 0 Å². The van der Waals surface area contributed by atoms with Crippen LogP contribution in [0.1, 0.15) is 51.1 Å². The Morgan fingerprint density at radius 2 is 1.65 bits per heavy atom. The third-order valence-electron chi connectivity index (χ3n) is 5.97. The second-order valence-corrected chi connectivity index (χ2v) is 8.06. The van der Waals surface area contributed by atoms with Crippen LogP contribution in [0.2, 0.25) is 0 Å². The first kappa shape index (κ1) is 19.2. The molecule has 5 nitrogen and oxygen atoms in total. The van der Waals surface area contributed by atoms with Gasteiger partial charge in [-0.1, -0.05) is 42.5 Å². The molecule has 154 valence electrons. The van der Waals surface area contributed by atoms with Gasteiger partial charge in [-0.05, 0) is 53.8 Å². The van der Waals surface area contributed by atoms with Crippen molar-refractivity contribution in [3.63, 3.8) is 0 Å². The van der Waals surface area contributed by atoms with E-state index in [1.165, 1.54) is 0 Å². The Bertz CT molecular complexity index is 1210. The van der Waals surface area contributed by atoms with Crippen molar-refractivity contribution in [1.29, 1.82) is 0 Å². The molecule has 3 aromatic rings. The summed E-state index contributed by atoms with van der Waals surface area (Å²) in [6.45, 7) is 1.33. The summed E-state index contributed by atoms with van der Waals surface area (Å²) < 4.78 is 0. The number of fused-ring (bicyclic) bond motifs is 3. The van der Waals surface area contributed by atoms with Crippen LogP contribution in [0.3, 0.4) is 0 Å². The second kappa shape index (κ2) is 7.84. The molecule has 0 spiro atoms. The highest BCUT2D eigenvalue weighted by Gasteiger charge is 2.27. The van der Waals surface area contributed by atoms with E-state index in [1.54, 1.807) is 12.1 Å². The molecule has 0 radical (unpaired) electrons. The minimum atomic E-state index is -0.266. The van der Waals surface area contributed by atoms with Crippen LogP contribution in [0.15, 0.2) is 66.7 Å². The molecule has 5 heteroatoms. The molecule has 1 aliphatic carbocycles. The Morgan fingerprint density at radius 3 is 2.48 bits per heavy atom. The van der Waals surface area contributed by atoms with Crippen molar-refractivity contribution in [3.8, 4) is 11.1 Å². The number of amides is 2. The molecular weight excluding hydrogens is 388 g/mol. The van der Waals surface area contributed by atoms with E-state index in [9.17, 15) is 14.4 Å². The van der Waals surface area contributed by atoms with Gasteiger partial charge in [0.1, 0.15) is 0 Å². The molecule has 0 atom stereocenters. The van der Waals surface area contributed by atoms with E-state index >= 15 is 0 Å². The molecule has 1 fully saturated rings. The highest BCUT2D eigenvalue weighted by atomic mass is 16.2. The predicted molar refractivity (Wildman–Crippen MR) is 119 cm³/mol. The van der Waals surface area contributed by atoms with Crippen LogP contribution in [-0.2, 0) is 11.3 Å². The standard InChI is InChI=1S/C26H22N2O3/c29-24-10-3-4-13-28(24)16-17-6-5-7-19(14-17)27-26(31)18-11-12-21-20-8-1-2-9-22(20)25(30)23(21)15-18/h1-2,5-9,11-12,14-15H,3-4,10,13,16H2,(H,27,31). The minimum Gasteiger partial charge on any atom is -0.338 e. The van der Waals surface area contributed by atoms with Gasteiger partial charge in [-0.3, -0.25) is 14.4 Å². The van der Waals surface area contributed by atoms with Crippen LogP contribution in [-0.4, -0.2) is 29.0 Å². The monoisotopic (exact) mass is 410 g/mol. The number of rotatable bonds is 4. The molecule has 0 bridgehead atoms. The molecule has 1 N–H and O–H groups in total. The zero-order chi connectivity index (χ0) is 21.4. The zero-order valence-electron chi connectivity index (χ0n) is 17.1. The fraction of sp³-hybridized carbons (Fsp3) is 0.192. The van der Waals surface area contributed by atoms with Crippen LogP contribution < -0.4 is 5.32 Å². The van der Waals surface area contributed by atoms with E-state index < -0.39 is 0 Å². The molecule has 1 heterocycles. The van der Waals surface area contributed by atoms with E-state index in [0.29, 0.717) is 35.3 Å². The Balaban J connectivity index is 1.33. The van der Waals surface area contributed by atoms with Crippen molar-refractivity contribution in [1.82, 2.24) is 4.90 Å². The zero-order valence-corrected chi connectivity index (χ0v) is 17.1. The topological polar surface area (TPSA) is 66.5 Å². The number of carbonyl (C=O) groups excluding carboxylic acids is 3. The fourth-order valence-electron chi connectivity index (χ4n) is 4.37. The first-order chi connectivity index (χ1) is 15.1. The van der Waals surface area contributed by atoms with Crippen molar-refractivity contribution in [3.05, 3.63) is 89.0 Å². The molecular formula is C26H22N2O3. The molecule has 0 unspecified atom stereocenters. The molecule has 0 saturated carbocycles. The Kier molecular flexibility index (Phi) is 4.86. The predicted octanol–water partition coefficient (Wildman–Crippen LogP) is 4.66. The van der Waals surface area contributed by atoms with Crippen molar-refractivity contribution >= 4 is 23.3 Å². The number of benzene rings is 3. The second-order valence-electron chi connectivity index (χ2n) is 8.06. The van der Waals surface area contributed by atoms with Gasteiger partial charge < -0.3 is 10.2 Å². The van der Waals surface area contributed by atoms with E-state index in [2.05, 4.69) is 5.32 Å². The lowest BCUT2D eigenvalue weighted by Gasteiger charge is -2.26. The van der Waals surface area contributed by atoms with Gasteiger partial charge in [-0.25, -0.2) is 0 Å². The van der Waals surface area contributed by atoms with Crippen molar-refractivity contribution in [2.75, 3.05) is 11.9 Å². The Labute approximate surface area is 180 Å². The Morgan fingerprint density at radius 1 is 0.839 bits per heavy atom. The minimum absolute atomic E-state index is 0.0477. The molecule has 0 aromatic heterocycles. The third-order valence-corrected chi connectivity index (χ3v) is 5.97. The molecule has 1 saturated heterocycles. The number of hydrogen-bond acceptors (Lipinski definition) is 3. The summed E-state index contributed by atoms with van der Waals surface area (Å²) in [4.78, 5) is 39.5. The summed E-state index contributed by atoms with van der Waals surface area (Å²) in [6.07, 6.45) is 2.60. The van der Waals surface area contributed by atoms with Gasteiger partial charge in [0.05, 0.1) is 0 Å². The van der Waals surface area contributed by atoms with Crippen molar-refractivity contribution < 1.29 is 14.4 Å². The van der Waals surface area contributed by atoms with Gasteiger partial charge in [0.15, 0.2) is 5.78 Å². The number of nitrogens with zero attached hydrogens (tertiary/aromatic N) is 1. The maximum absolute atomic E-state index is 12.9. The summed E-state index contributed by atoms with van der Waals surface area (Å²) in [7, 11) is 0. The Hall–Kier alpha value is -3.73. The SMILES string of the molecule is O=C(Nc1cccc(CN2CCCCC2=O)c1)c1ccc2c(c1)C(=O)c1ccccc1-2. The summed E-state index contributed by atoms with van der Waals surface area (Å²) >= 11 is 0. The lowest BCUT2D eigenvalue weighted by Crippen LogP contribution is -2.34. The van der Waals surface area contributed by atoms with E-state index in [1.807, 2.05) is 59.5 Å². The summed E-state index contributed by atoms with van der Waals surface area (Å²) in [5.74, 6) is -0.129. The van der Waals surface area contributed by atoms with Gasteiger partial charge in [0.2, 0.25) is 5.91 Å². The fourth-order valence-corrected chi connectivity index (χ4v) is 4.37. The smallest absolute Gasteiger partial charge is 0.255 e. The number of ketones is 1. The van der Waals surface area contributed by atoms with Gasteiger partial charge in [-0.2, -0.15) is 0 Å². The van der Waals surface area contributed by atoms with Crippen LogP contribution in [0.5, 0.6) is 0 Å². The molecule has 1 aliphatic heterocycles. The molecule has 2 aliphatic rings. The first-order valence-electron chi connectivity index (χ1n) is 10.6. The summed E-state index contributed by atoms with van der Waals surface area (Å²) in [6, 6.07) is 20.3.